The molecule has 0 aliphatic rings. The third-order valence-electron chi connectivity index (χ3n) is 2.36. The van der Waals surface area contributed by atoms with Crippen molar-refractivity contribution in [3.8, 4) is 0 Å². The number of rotatable bonds is 6. The van der Waals surface area contributed by atoms with Gasteiger partial charge in [-0.25, -0.2) is 0 Å². The summed E-state index contributed by atoms with van der Waals surface area (Å²) in [5.41, 5.74) is 5.78. The molecule has 0 saturated carbocycles. The molecular formula is C12H19BrN2OS. The van der Waals surface area contributed by atoms with E-state index >= 15 is 0 Å². The van der Waals surface area contributed by atoms with Crippen LogP contribution in [0.5, 0.6) is 0 Å². The molecule has 0 spiro atoms. The molecule has 1 aromatic heterocycles. The van der Waals surface area contributed by atoms with Gasteiger partial charge in [0.05, 0.1) is 9.83 Å². The van der Waals surface area contributed by atoms with Crippen LogP contribution in [0.3, 0.4) is 0 Å². The van der Waals surface area contributed by atoms with E-state index in [-0.39, 0.29) is 11.9 Å². The van der Waals surface area contributed by atoms with E-state index in [2.05, 4.69) is 41.2 Å². The molecule has 5 heteroatoms. The van der Waals surface area contributed by atoms with E-state index in [4.69, 9.17) is 5.73 Å². The molecule has 0 aliphatic heterocycles. The molecule has 17 heavy (non-hydrogen) atoms. The Morgan fingerprint density at radius 1 is 1.53 bits per heavy atom. The molecule has 0 radical (unpaired) electrons. The molecule has 0 aromatic carbocycles. The molecule has 0 bridgehead atoms. The van der Waals surface area contributed by atoms with E-state index < -0.39 is 0 Å². The SMILES string of the molecule is CC(C)C[C@H](N)C(=O)NCCc1ccc(Br)s1. The van der Waals surface area contributed by atoms with E-state index in [1.54, 1.807) is 11.3 Å². The molecule has 0 fully saturated rings. The van der Waals surface area contributed by atoms with Crippen LogP contribution in [-0.4, -0.2) is 18.5 Å². The number of hydrogen-bond donors (Lipinski definition) is 2. The molecule has 0 unspecified atom stereocenters. The van der Waals surface area contributed by atoms with Gasteiger partial charge in [-0.3, -0.25) is 4.79 Å². The molecular weight excluding hydrogens is 300 g/mol. The zero-order valence-electron chi connectivity index (χ0n) is 10.2. The highest BCUT2D eigenvalue weighted by atomic mass is 79.9. The lowest BCUT2D eigenvalue weighted by Crippen LogP contribution is -2.42. The van der Waals surface area contributed by atoms with E-state index in [1.165, 1.54) is 4.88 Å². The van der Waals surface area contributed by atoms with Gasteiger partial charge < -0.3 is 11.1 Å². The maximum Gasteiger partial charge on any atom is 0.236 e. The quantitative estimate of drug-likeness (QED) is 0.847. The summed E-state index contributed by atoms with van der Waals surface area (Å²) in [6, 6.07) is 3.70. The van der Waals surface area contributed by atoms with Crippen molar-refractivity contribution in [2.45, 2.75) is 32.7 Å². The van der Waals surface area contributed by atoms with Gasteiger partial charge >= 0.3 is 0 Å². The van der Waals surface area contributed by atoms with E-state index in [0.29, 0.717) is 12.5 Å². The number of halogens is 1. The van der Waals surface area contributed by atoms with Gasteiger partial charge in [0.1, 0.15) is 0 Å². The van der Waals surface area contributed by atoms with Crippen LogP contribution >= 0.6 is 27.3 Å². The van der Waals surface area contributed by atoms with Crippen LogP contribution in [0.1, 0.15) is 25.1 Å². The number of hydrogen-bond acceptors (Lipinski definition) is 3. The molecule has 0 aliphatic carbocycles. The first-order chi connectivity index (χ1) is 7.99. The molecule has 3 nitrogen and oxygen atoms in total. The van der Waals surface area contributed by atoms with Gasteiger partial charge in [0, 0.05) is 11.4 Å². The number of carbonyl (C=O) groups excluding carboxylic acids is 1. The van der Waals surface area contributed by atoms with Crippen LogP contribution < -0.4 is 11.1 Å². The van der Waals surface area contributed by atoms with E-state index in [0.717, 1.165) is 16.6 Å². The number of nitrogens with two attached hydrogens (primary N) is 1. The molecule has 1 amide bonds. The predicted octanol–water partition coefficient (Wildman–Crippen LogP) is 2.54. The summed E-state index contributed by atoms with van der Waals surface area (Å²) in [5, 5.41) is 2.87. The van der Waals surface area contributed by atoms with Gasteiger partial charge in [-0.05, 0) is 46.8 Å². The minimum Gasteiger partial charge on any atom is -0.354 e. The van der Waals surface area contributed by atoms with E-state index in [1.807, 2.05) is 6.07 Å². The Labute approximate surface area is 115 Å². The molecule has 1 aromatic rings. The highest BCUT2D eigenvalue weighted by Crippen LogP contribution is 2.22. The Balaban J connectivity index is 2.24. The van der Waals surface area contributed by atoms with Crippen molar-refractivity contribution in [1.29, 1.82) is 0 Å². The summed E-state index contributed by atoms with van der Waals surface area (Å²) >= 11 is 5.11. The lowest BCUT2D eigenvalue weighted by atomic mass is 10.0. The predicted molar refractivity (Wildman–Crippen MR) is 76.2 cm³/mol. The largest absolute Gasteiger partial charge is 0.354 e. The third kappa shape index (κ3) is 5.66. The summed E-state index contributed by atoms with van der Waals surface area (Å²) in [7, 11) is 0. The molecule has 3 N–H and O–H groups in total. The van der Waals surface area contributed by atoms with Crippen molar-refractivity contribution in [3.63, 3.8) is 0 Å². The van der Waals surface area contributed by atoms with Gasteiger partial charge in [-0.1, -0.05) is 13.8 Å². The summed E-state index contributed by atoms with van der Waals surface area (Å²) in [5.74, 6) is 0.401. The second-order valence-corrected chi connectivity index (χ2v) is 7.03. The van der Waals surface area contributed by atoms with Crippen LogP contribution in [0, 0.1) is 5.92 Å². The zero-order valence-corrected chi connectivity index (χ0v) is 12.6. The second kappa shape index (κ2) is 7.13. The average Bonchev–Trinajstić information content (AvgIpc) is 2.63. The number of carbonyl (C=O) groups is 1. The summed E-state index contributed by atoms with van der Waals surface area (Å²) in [6.45, 7) is 4.78. The third-order valence-corrected chi connectivity index (χ3v) is 4.05. The fraction of sp³-hybridized carbons (Fsp3) is 0.583. The van der Waals surface area contributed by atoms with Crippen LogP contribution in [0.15, 0.2) is 15.9 Å². The standard InChI is InChI=1S/C12H19BrN2OS/c1-8(2)7-10(14)12(16)15-6-5-9-3-4-11(13)17-9/h3-4,8,10H,5-7,14H2,1-2H3,(H,15,16)/t10-/m0/s1. The van der Waals surface area contributed by atoms with Crippen molar-refractivity contribution >= 4 is 33.2 Å². The Hall–Kier alpha value is -0.390. The maximum atomic E-state index is 11.6. The van der Waals surface area contributed by atoms with Gasteiger partial charge in [0.15, 0.2) is 0 Å². The topological polar surface area (TPSA) is 55.1 Å². The summed E-state index contributed by atoms with van der Waals surface area (Å²) in [6.07, 6.45) is 1.59. The Morgan fingerprint density at radius 3 is 2.76 bits per heavy atom. The van der Waals surface area contributed by atoms with Crippen molar-refractivity contribution < 1.29 is 4.79 Å². The Morgan fingerprint density at radius 2 is 2.24 bits per heavy atom. The highest BCUT2D eigenvalue weighted by Gasteiger charge is 2.14. The molecule has 1 atom stereocenters. The highest BCUT2D eigenvalue weighted by molar-refractivity contribution is 9.11. The normalized spacial score (nSPS) is 12.8. The number of amides is 1. The summed E-state index contributed by atoms with van der Waals surface area (Å²) < 4.78 is 1.12. The van der Waals surface area contributed by atoms with Crippen molar-refractivity contribution in [2.24, 2.45) is 11.7 Å². The Bertz CT molecular complexity index is 365. The smallest absolute Gasteiger partial charge is 0.236 e. The molecule has 0 saturated heterocycles. The van der Waals surface area contributed by atoms with Crippen LogP contribution in [-0.2, 0) is 11.2 Å². The first-order valence-corrected chi connectivity index (χ1v) is 7.37. The fourth-order valence-electron chi connectivity index (χ4n) is 1.54. The zero-order chi connectivity index (χ0) is 12.8. The van der Waals surface area contributed by atoms with Gasteiger partial charge in [0.25, 0.3) is 0 Å². The van der Waals surface area contributed by atoms with Gasteiger partial charge in [-0.2, -0.15) is 0 Å². The fourth-order valence-corrected chi connectivity index (χ4v) is 3.02. The minimum atomic E-state index is -0.384. The average molecular weight is 319 g/mol. The minimum absolute atomic E-state index is 0.0469. The monoisotopic (exact) mass is 318 g/mol. The van der Waals surface area contributed by atoms with Crippen molar-refractivity contribution in [1.82, 2.24) is 5.32 Å². The number of thiophene rings is 1. The first kappa shape index (κ1) is 14.7. The van der Waals surface area contributed by atoms with Crippen molar-refractivity contribution in [3.05, 3.63) is 20.8 Å². The summed E-state index contributed by atoms with van der Waals surface area (Å²) in [4.78, 5) is 12.9. The lowest BCUT2D eigenvalue weighted by Gasteiger charge is -2.13. The van der Waals surface area contributed by atoms with Gasteiger partial charge in [0.2, 0.25) is 5.91 Å². The molecule has 1 rings (SSSR count). The van der Waals surface area contributed by atoms with Crippen molar-refractivity contribution in [2.75, 3.05) is 6.54 Å². The van der Waals surface area contributed by atoms with Gasteiger partial charge in [-0.15, -0.1) is 11.3 Å². The van der Waals surface area contributed by atoms with Crippen LogP contribution in [0.4, 0.5) is 0 Å². The Kier molecular flexibility index (Phi) is 6.16. The van der Waals surface area contributed by atoms with Crippen LogP contribution in [0.25, 0.3) is 0 Å². The molecule has 96 valence electrons. The second-order valence-electron chi connectivity index (χ2n) is 4.48. The van der Waals surface area contributed by atoms with E-state index in [9.17, 15) is 4.79 Å². The molecule has 1 heterocycles. The lowest BCUT2D eigenvalue weighted by molar-refractivity contribution is -0.122. The number of nitrogens with one attached hydrogen (secondary N) is 1. The van der Waals surface area contributed by atoms with Crippen LogP contribution in [0.2, 0.25) is 0 Å². The maximum absolute atomic E-state index is 11.6. The first-order valence-electron chi connectivity index (χ1n) is 5.76.